The number of nitrogens with two attached hydrogens (primary N) is 1. The number of hydrogen-bond donors (Lipinski definition) is 2. The molecule has 5 heteroatoms. The van der Waals surface area contributed by atoms with Gasteiger partial charge in [0, 0.05) is 4.47 Å². The average molecular weight is 362 g/mol. The molecule has 2 aromatic rings. The van der Waals surface area contributed by atoms with Gasteiger partial charge in [0.15, 0.2) is 5.11 Å². The molecule has 3 N–H and O–H groups in total. The molecule has 0 saturated heterocycles. The van der Waals surface area contributed by atoms with Crippen LogP contribution in [0.2, 0.25) is 0 Å². The number of halogens is 1. The van der Waals surface area contributed by atoms with Crippen LogP contribution in [0.1, 0.15) is 17.5 Å². The first-order valence-electron chi connectivity index (χ1n) is 6.57. The van der Waals surface area contributed by atoms with Crippen LogP contribution in [0.3, 0.4) is 0 Å². The Hall–Kier alpha value is -1.72. The third-order valence-corrected chi connectivity index (χ3v) is 3.54. The van der Waals surface area contributed by atoms with E-state index < -0.39 is 0 Å². The van der Waals surface area contributed by atoms with Gasteiger partial charge in [-0.1, -0.05) is 58.4 Å². The lowest BCUT2D eigenvalue weighted by atomic mass is 10.0. The minimum absolute atomic E-state index is 0.169. The quantitative estimate of drug-likeness (QED) is 0.485. The molecular weight excluding hydrogens is 346 g/mol. The topological polar surface area (TPSA) is 50.4 Å². The van der Waals surface area contributed by atoms with Crippen molar-refractivity contribution in [2.45, 2.75) is 12.8 Å². The summed E-state index contributed by atoms with van der Waals surface area (Å²) in [6, 6.07) is 18.3. The summed E-state index contributed by atoms with van der Waals surface area (Å²) in [6.45, 7) is 0. The Balaban J connectivity index is 2.16. The number of rotatable bonds is 5. The number of hydrogen-bond acceptors (Lipinski definition) is 2. The van der Waals surface area contributed by atoms with Crippen molar-refractivity contribution in [3.05, 3.63) is 70.2 Å². The molecular formula is C16H16BrN3S. The summed E-state index contributed by atoms with van der Waals surface area (Å²) in [5, 5.41) is 4.50. The Morgan fingerprint density at radius 2 is 1.90 bits per heavy atom. The summed E-state index contributed by atoms with van der Waals surface area (Å²) < 4.78 is 1.02. The summed E-state index contributed by atoms with van der Waals surface area (Å²) in [7, 11) is 0. The maximum Gasteiger partial charge on any atom is 0.184 e. The van der Waals surface area contributed by atoms with Gasteiger partial charge in [0.2, 0.25) is 0 Å². The largest absolute Gasteiger partial charge is 0.375 e. The average Bonchev–Trinajstić information content (AvgIpc) is 2.48. The molecule has 2 rings (SSSR count). The highest BCUT2D eigenvalue weighted by Gasteiger charge is 2.06. The highest BCUT2D eigenvalue weighted by molar-refractivity contribution is 9.10. The number of thiocarbonyl (C=S) groups is 1. The number of nitrogens with zero attached hydrogens (tertiary/aromatic N) is 1. The first-order valence-corrected chi connectivity index (χ1v) is 7.77. The van der Waals surface area contributed by atoms with Crippen molar-refractivity contribution in [2.24, 2.45) is 10.8 Å². The molecule has 0 atom stereocenters. The van der Waals surface area contributed by atoms with Crippen LogP contribution in [0.15, 0.2) is 64.2 Å². The van der Waals surface area contributed by atoms with Crippen LogP contribution in [-0.2, 0) is 6.42 Å². The minimum atomic E-state index is 0.169. The standard InChI is InChI=1S/C16H16BrN3S/c17-14-8-4-7-13(11-14)15(19-20-16(18)21)10-9-12-5-2-1-3-6-12/h1-8,11H,9-10H2,(H3,18,20,21). The van der Waals surface area contributed by atoms with E-state index in [9.17, 15) is 0 Å². The van der Waals surface area contributed by atoms with Gasteiger partial charge >= 0.3 is 0 Å². The van der Waals surface area contributed by atoms with Crippen molar-refractivity contribution in [3.63, 3.8) is 0 Å². The Morgan fingerprint density at radius 3 is 2.57 bits per heavy atom. The zero-order valence-electron chi connectivity index (χ0n) is 11.4. The van der Waals surface area contributed by atoms with E-state index in [0.29, 0.717) is 0 Å². The SMILES string of the molecule is NC(=S)NN=C(CCc1ccccc1)c1cccc(Br)c1. The van der Waals surface area contributed by atoms with Crippen molar-refractivity contribution >= 4 is 39.0 Å². The predicted octanol–water partition coefficient (Wildman–Crippen LogP) is 3.62. The Labute approximate surface area is 138 Å². The lowest BCUT2D eigenvalue weighted by Crippen LogP contribution is -2.25. The lowest BCUT2D eigenvalue weighted by molar-refractivity contribution is 0.974. The fourth-order valence-corrected chi connectivity index (χ4v) is 2.41. The number of nitrogens with one attached hydrogen (secondary N) is 1. The first-order chi connectivity index (χ1) is 10.1. The zero-order chi connectivity index (χ0) is 15.1. The fourth-order valence-electron chi connectivity index (χ4n) is 1.96. The number of aryl methyl sites for hydroxylation is 1. The monoisotopic (exact) mass is 361 g/mol. The van der Waals surface area contributed by atoms with Crippen LogP contribution < -0.4 is 11.2 Å². The van der Waals surface area contributed by atoms with Gasteiger partial charge in [-0.2, -0.15) is 5.10 Å². The van der Waals surface area contributed by atoms with Crippen LogP contribution in [0, 0.1) is 0 Å². The second-order valence-electron chi connectivity index (χ2n) is 4.53. The maximum absolute atomic E-state index is 5.46. The minimum Gasteiger partial charge on any atom is -0.375 e. The fraction of sp³-hybridized carbons (Fsp3) is 0.125. The molecule has 0 bridgehead atoms. The number of benzene rings is 2. The van der Waals surface area contributed by atoms with Crippen molar-refractivity contribution in [1.82, 2.24) is 5.43 Å². The highest BCUT2D eigenvalue weighted by Crippen LogP contribution is 2.15. The van der Waals surface area contributed by atoms with Crippen LogP contribution >= 0.6 is 28.1 Å². The molecule has 0 spiro atoms. The van der Waals surface area contributed by atoms with E-state index in [2.05, 4.69) is 38.6 Å². The Morgan fingerprint density at radius 1 is 1.14 bits per heavy atom. The summed E-state index contributed by atoms with van der Waals surface area (Å²) in [6.07, 6.45) is 1.71. The highest BCUT2D eigenvalue weighted by atomic mass is 79.9. The van der Waals surface area contributed by atoms with Crippen LogP contribution in [0.5, 0.6) is 0 Å². The van der Waals surface area contributed by atoms with Crippen LogP contribution in [-0.4, -0.2) is 10.8 Å². The van der Waals surface area contributed by atoms with Gasteiger partial charge in [0.25, 0.3) is 0 Å². The van der Waals surface area contributed by atoms with Crippen molar-refractivity contribution in [3.8, 4) is 0 Å². The van der Waals surface area contributed by atoms with E-state index in [1.54, 1.807) is 0 Å². The molecule has 0 unspecified atom stereocenters. The summed E-state index contributed by atoms with van der Waals surface area (Å²) >= 11 is 8.30. The van der Waals surface area contributed by atoms with Crippen LogP contribution in [0.4, 0.5) is 0 Å². The van der Waals surface area contributed by atoms with Gasteiger partial charge in [-0.3, -0.25) is 5.43 Å². The van der Waals surface area contributed by atoms with Gasteiger partial charge in [-0.05, 0) is 48.3 Å². The molecule has 0 aromatic heterocycles. The molecule has 21 heavy (non-hydrogen) atoms. The van der Waals surface area contributed by atoms with E-state index in [4.69, 9.17) is 18.0 Å². The maximum atomic E-state index is 5.46. The molecule has 0 radical (unpaired) electrons. The summed E-state index contributed by atoms with van der Waals surface area (Å²) in [5.74, 6) is 0. The van der Waals surface area contributed by atoms with Gasteiger partial charge in [0.05, 0.1) is 5.71 Å². The molecule has 108 valence electrons. The number of hydrazone groups is 1. The first kappa shape index (κ1) is 15.7. The molecule has 0 amide bonds. The molecule has 2 aromatic carbocycles. The van der Waals surface area contributed by atoms with Crippen LogP contribution in [0.25, 0.3) is 0 Å². The van der Waals surface area contributed by atoms with E-state index in [0.717, 1.165) is 28.6 Å². The molecule has 0 heterocycles. The van der Waals surface area contributed by atoms with E-state index in [-0.39, 0.29) is 5.11 Å². The second-order valence-corrected chi connectivity index (χ2v) is 5.89. The third kappa shape index (κ3) is 5.28. The third-order valence-electron chi connectivity index (χ3n) is 2.95. The van der Waals surface area contributed by atoms with Gasteiger partial charge < -0.3 is 5.73 Å². The Kier molecular flexibility index (Phi) is 5.90. The van der Waals surface area contributed by atoms with Crippen molar-refractivity contribution in [2.75, 3.05) is 0 Å². The van der Waals surface area contributed by atoms with Gasteiger partial charge in [-0.25, -0.2) is 0 Å². The summed E-state index contributed by atoms with van der Waals surface area (Å²) in [5.41, 5.74) is 11.4. The normalized spacial score (nSPS) is 11.2. The summed E-state index contributed by atoms with van der Waals surface area (Å²) in [4.78, 5) is 0. The Bertz CT molecular complexity index is 641. The van der Waals surface area contributed by atoms with E-state index in [1.165, 1.54) is 5.56 Å². The van der Waals surface area contributed by atoms with Gasteiger partial charge in [0.1, 0.15) is 0 Å². The van der Waals surface area contributed by atoms with Crippen molar-refractivity contribution in [1.29, 1.82) is 0 Å². The molecule has 0 aliphatic rings. The van der Waals surface area contributed by atoms with E-state index in [1.807, 2.05) is 42.5 Å². The molecule has 0 aliphatic heterocycles. The smallest absolute Gasteiger partial charge is 0.184 e. The molecule has 3 nitrogen and oxygen atoms in total. The zero-order valence-corrected chi connectivity index (χ0v) is 13.8. The molecule has 0 saturated carbocycles. The predicted molar refractivity (Wildman–Crippen MR) is 95.4 cm³/mol. The molecule has 0 fully saturated rings. The van der Waals surface area contributed by atoms with Crippen molar-refractivity contribution < 1.29 is 0 Å². The van der Waals surface area contributed by atoms with E-state index >= 15 is 0 Å². The van der Waals surface area contributed by atoms with Gasteiger partial charge in [-0.15, -0.1) is 0 Å². The molecule has 0 aliphatic carbocycles. The second kappa shape index (κ2) is 7.90. The lowest BCUT2D eigenvalue weighted by Gasteiger charge is -2.08.